The third-order valence-corrected chi connectivity index (χ3v) is 5.32. The number of ether oxygens (including phenoxy) is 1. The fourth-order valence-electron chi connectivity index (χ4n) is 2.63. The lowest BCUT2D eigenvalue weighted by atomic mass is 10.0. The molecule has 26 heavy (non-hydrogen) atoms. The average molecular weight is 396 g/mol. The summed E-state index contributed by atoms with van der Waals surface area (Å²) in [6.45, 7) is 8.17. The highest BCUT2D eigenvalue weighted by molar-refractivity contribution is 7.15. The van der Waals surface area contributed by atoms with E-state index in [9.17, 15) is 9.59 Å². The van der Waals surface area contributed by atoms with Crippen molar-refractivity contribution in [1.29, 1.82) is 0 Å². The fraction of sp³-hybridized carbons (Fsp3) is 0.368. The van der Waals surface area contributed by atoms with E-state index in [0.29, 0.717) is 27.7 Å². The predicted octanol–water partition coefficient (Wildman–Crippen LogP) is 3.11. The average Bonchev–Trinajstić information content (AvgIpc) is 3.03. The number of quaternary nitrogens is 1. The first-order chi connectivity index (χ1) is 12.5. The van der Waals surface area contributed by atoms with Gasteiger partial charge in [0.15, 0.2) is 6.54 Å². The second-order valence-corrected chi connectivity index (χ2v) is 7.02. The highest BCUT2D eigenvalue weighted by atomic mass is 35.5. The first-order valence-corrected chi connectivity index (χ1v) is 9.94. The van der Waals surface area contributed by atoms with Crippen LogP contribution in [0.25, 0.3) is 11.1 Å². The van der Waals surface area contributed by atoms with Gasteiger partial charge in [0.1, 0.15) is 10.6 Å². The normalized spacial score (nSPS) is 10.8. The molecule has 1 aromatic carbocycles. The van der Waals surface area contributed by atoms with Gasteiger partial charge in [0.2, 0.25) is 0 Å². The molecule has 0 aliphatic carbocycles. The Hall–Kier alpha value is -1.89. The monoisotopic (exact) mass is 395 g/mol. The second kappa shape index (κ2) is 9.71. The van der Waals surface area contributed by atoms with E-state index in [2.05, 4.69) is 5.32 Å². The number of halogens is 1. The zero-order valence-corrected chi connectivity index (χ0v) is 16.8. The summed E-state index contributed by atoms with van der Waals surface area (Å²) >= 11 is 7.60. The Morgan fingerprint density at radius 2 is 1.85 bits per heavy atom. The molecule has 1 amide bonds. The van der Waals surface area contributed by atoms with Crippen LogP contribution in [0, 0.1) is 0 Å². The molecule has 140 valence electrons. The lowest BCUT2D eigenvalue weighted by molar-refractivity contribution is -0.888. The van der Waals surface area contributed by atoms with Gasteiger partial charge in [-0.15, -0.1) is 11.3 Å². The third kappa shape index (κ3) is 4.84. The Morgan fingerprint density at radius 1 is 1.15 bits per heavy atom. The Bertz CT molecular complexity index is 772. The molecule has 0 fully saturated rings. The molecule has 1 heterocycles. The van der Waals surface area contributed by atoms with Crippen molar-refractivity contribution >= 4 is 39.8 Å². The molecule has 0 saturated heterocycles. The van der Waals surface area contributed by atoms with E-state index in [0.717, 1.165) is 18.7 Å². The number of carbonyl (C=O) groups is 2. The molecular formula is C19H24ClN2O3S+. The minimum Gasteiger partial charge on any atom is -0.462 e. The Labute approximate surface area is 162 Å². The van der Waals surface area contributed by atoms with E-state index in [1.165, 1.54) is 16.2 Å². The fourth-order valence-corrected chi connectivity index (χ4v) is 3.83. The molecule has 0 aliphatic heterocycles. The Morgan fingerprint density at radius 3 is 2.46 bits per heavy atom. The summed E-state index contributed by atoms with van der Waals surface area (Å²) in [4.78, 5) is 26.1. The maximum Gasteiger partial charge on any atom is 0.341 e. The van der Waals surface area contributed by atoms with Crippen LogP contribution in [-0.2, 0) is 9.53 Å². The number of nitrogens with one attached hydrogen (secondary N) is 2. The number of hydrogen-bond donors (Lipinski definition) is 2. The van der Waals surface area contributed by atoms with Gasteiger partial charge in [0.25, 0.3) is 5.91 Å². The number of amides is 1. The van der Waals surface area contributed by atoms with Gasteiger partial charge in [-0.25, -0.2) is 4.79 Å². The lowest BCUT2D eigenvalue weighted by Gasteiger charge is -2.15. The third-order valence-electron chi connectivity index (χ3n) is 4.10. The maximum atomic E-state index is 12.5. The SMILES string of the molecule is CCOC(=O)c1c(-c2ccccc2Cl)csc1NC(=O)C[NH+](CC)CC. The van der Waals surface area contributed by atoms with E-state index < -0.39 is 5.97 Å². The maximum absolute atomic E-state index is 12.5. The summed E-state index contributed by atoms with van der Waals surface area (Å²) in [5.41, 5.74) is 1.76. The van der Waals surface area contributed by atoms with Crippen LogP contribution >= 0.6 is 22.9 Å². The number of thiophene rings is 1. The summed E-state index contributed by atoms with van der Waals surface area (Å²) in [5, 5.41) is 5.74. The first-order valence-electron chi connectivity index (χ1n) is 8.68. The van der Waals surface area contributed by atoms with Crippen molar-refractivity contribution in [1.82, 2.24) is 0 Å². The van der Waals surface area contributed by atoms with E-state index in [-0.39, 0.29) is 12.5 Å². The van der Waals surface area contributed by atoms with Gasteiger partial charge in [-0.1, -0.05) is 29.8 Å². The minimum absolute atomic E-state index is 0.123. The van der Waals surface area contributed by atoms with Crippen LogP contribution < -0.4 is 10.2 Å². The van der Waals surface area contributed by atoms with Crippen LogP contribution in [0.5, 0.6) is 0 Å². The zero-order valence-electron chi connectivity index (χ0n) is 15.2. The number of rotatable bonds is 8. The number of hydrogen-bond acceptors (Lipinski definition) is 4. The molecule has 5 nitrogen and oxygen atoms in total. The van der Waals surface area contributed by atoms with Crippen molar-refractivity contribution in [2.24, 2.45) is 0 Å². The van der Waals surface area contributed by atoms with Crippen LogP contribution in [0.15, 0.2) is 29.6 Å². The van der Waals surface area contributed by atoms with Crippen molar-refractivity contribution in [2.75, 3.05) is 31.6 Å². The summed E-state index contributed by atoms with van der Waals surface area (Å²) in [7, 11) is 0. The Balaban J connectivity index is 2.36. The van der Waals surface area contributed by atoms with Crippen LogP contribution in [0.1, 0.15) is 31.1 Å². The van der Waals surface area contributed by atoms with Gasteiger partial charge in [0, 0.05) is 21.5 Å². The van der Waals surface area contributed by atoms with Gasteiger partial charge in [-0.05, 0) is 26.8 Å². The lowest BCUT2D eigenvalue weighted by Crippen LogP contribution is -3.12. The smallest absolute Gasteiger partial charge is 0.341 e. The van der Waals surface area contributed by atoms with Gasteiger partial charge >= 0.3 is 5.97 Å². The van der Waals surface area contributed by atoms with Crippen molar-refractivity contribution in [3.63, 3.8) is 0 Å². The molecule has 1 aromatic heterocycles. The quantitative estimate of drug-likeness (QED) is 0.675. The molecule has 2 aromatic rings. The summed E-state index contributed by atoms with van der Waals surface area (Å²) in [6.07, 6.45) is 0. The van der Waals surface area contributed by atoms with Crippen molar-refractivity contribution in [3.8, 4) is 11.1 Å². The zero-order chi connectivity index (χ0) is 19.1. The summed E-state index contributed by atoms with van der Waals surface area (Å²) < 4.78 is 5.20. The predicted molar refractivity (Wildman–Crippen MR) is 106 cm³/mol. The van der Waals surface area contributed by atoms with Gasteiger partial charge in [-0.2, -0.15) is 0 Å². The molecular weight excluding hydrogens is 372 g/mol. The molecule has 2 N–H and O–H groups in total. The van der Waals surface area contributed by atoms with Gasteiger partial charge < -0.3 is 15.0 Å². The highest BCUT2D eigenvalue weighted by Gasteiger charge is 2.24. The standard InChI is InChI=1S/C19H23ClN2O3S/c1-4-22(5-2)11-16(23)21-18-17(19(24)25-6-3)14(12-26-18)13-9-7-8-10-15(13)20/h7-10,12H,4-6,11H2,1-3H3,(H,21,23)/p+1. The molecule has 0 atom stereocenters. The van der Waals surface area contributed by atoms with Crippen LogP contribution in [0.4, 0.5) is 5.00 Å². The van der Waals surface area contributed by atoms with E-state index in [1.54, 1.807) is 13.0 Å². The van der Waals surface area contributed by atoms with E-state index in [1.807, 2.05) is 37.4 Å². The van der Waals surface area contributed by atoms with Crippen molar-refractivity contribution in [3.05, 3.63) is 40.2 Å². The van der Waals surface area contributed by atoms with Crippen molar-refractivity contribution in [2.45, 2.75) is 20.8 Å². The first kappa shape index (κ1) is 20.4. The second-order valence-electron chi connectivity index (χ2n) is 5.74. The molecule has 0 unspecified atom stereocenters. The minimum atomic E-state index is -0.464. The molecule has 2 rings (SSSR count). The number of likely N-dealkylation sites (N-methyl/N-ethyl adjacent to an activating group) is 1. The number of anilines is 1. The topological polar surface area (TPSA) is 59.8 Å². The van der Waals surface area contributed by atoms with Crippen LogP contribution in [0.2, 0.25) is 5.02 Å². The molecule has 0 spiro atoms. The van der Waals surface area contributed by atoms with Crippen LogP contribution in [-0.4, -0.2) is 38.1 Å². The Kier molecular flexibility index (Phi) is 7.63. The van der Waals surface area contributed by atoms with Crippen molar-refractivity contribution < 1.29 is 19.2 Å². The number of carbonyl (C=O) groups excluding carboxylic acids is 2. The molecule has 7 heteroatoms. The number of benzene rings is 1. The number of esters is 1. The van der Waals surface area contributed by atoms with E-state index in [4.69, 9.17) is 16.3 Å². The molecule has 0 bridgehead atoms. The van der Waals surface area contributed by atoms with E-state index >= 15 is 0 Å². The van der Waals surface area contributed by atoms with Gasteiger partial charge in [-0.3, -0.25) is 4.79 Å². The molecule has 0 aliphatic rings. The van der Waals surface area contributed by atoms with Crippen LogP contribution in [0.3, 0.4) is 0 Å². The molecule has 0 radical (unpaired) electrons. The molecule has 0 saturated carbocycles. The summed E-state index contributed by atoms with van der Waals surface area (Å²) in [5.74, 6) is -0.587. The summed E-state index contributed by atoms with van der Waals surface area (Å²) in [6, 6.07) is 7.30. The van der Waals surface area contributed by atoms with Gasteiger partial charge in [0.05, 0.1) is 19.7 Å². The largest absolute Gasteiger partial charge is 0.462 e. The highest BCUT2D eigenvalue weighted by Crippen LogP contribution is 2.39.